The molecule has 61 heavy (non-hydrogen) atoms. The number of hydrogen-bond donors (Lipinski definition) is 1. The third-order valence-electron chi connectivity index (χ3n) is 16.0. The first-order valence-electron chi connectivity index (χ1n) is 22.9. The van der Waals surface area contributed by atoms with Crippen LogP contribution in [-0.4, -0.2) is 64.2 Å². The predicted octanol–water partition coefficient (Wildman–Crippen LogP) is 10.2. The van der Waals surface area contributed by atoms with E-state index < -0.39 is 20.6 Å². The van der Waals surface area contributed by atoms with Crippen molar-refractivity contribution in [3.8, 4) is 0 Å². The van der Waals surface area contributed by atoms with Crippen molar-refractivity contribution in [3.05, 3.63) is 118 Å². The number of nitrogens with one attached hydrogen (secondary N) is 1. The fourth-order valence-electron chi connectivity index (χ4n) is 12.4. The summed E-state index contributed by atoms with van der Waals surface area (Å²) in [5.41, 5.74) is 6.71. The Kier molecular flexibility index (Phi) is 8.15. The first-order chi connectivity index (χ1) is 29.9. The van der Waals surface area contributed by atoms with Crippen molar-refractivity contribution in [2.45, 2.75) is 84.7 Å². The zero-order valence-corrected chi connectivity index (χ0v) is 37.4. The topological polar surface area (TPSA) is 100 Å². The van der Waals surface area contributed by atoms with Crippen molar-refractivity contribution in [3.63, 3.8) is 0 Å². The monoisotopic (exact) mass is 870 g/mol. The molecule has 4 saturated carbocycles. The van der Waals surface area contributed by atoms with Crippen LogP contribution < -0.4 is 5.32 Å². The van der Waals surface area contributed by atoms with E-state index in [0.717, 1.165) is 111 Å². The van der Waals surface area contributed by atoms with Crippen molar-refractivity contribution in [1.29, 1.82) is 0 Å². The number of aromatic nitrogens is 1. The molecule has 1 aromatic heterocycles. The molecule has 1 N–H and O–H groups in total. The molecule has 5 aliphatic carbocycles. The van der Waals surface area contributed by atoms with Gasteiger partial charge >= 0.3 is 362 Å². The summed E-state index contributed by atoms with van der Waals surface area (Å²) >= 11 is -4.91. The van der Waals surface area contributed by atoms with Gasteiger partial charge in [0, 0.05) is 0 Å². The molecule has 8 bridgehead atoms. The maximum atomic E-state index is 8.15. The van der Waals surface area contributed by atoms with Crippen LogP contribution in [0.1, 0.15) is 107 Å². The number of allylic oxidation sites excluding steroid dienone is 1. The van der Waals surface area contributed by atoms with Crippen molar-refractivity contribution in [1.82, 2.24) is 12.7 Å². The van der Waals surface area contributed by atoms with Gasteiger partial charge in [0.05, 0.1) is 0 Å². The summed E-state index contributed by atoms with van der Waals surface area (Å²) in [6, 6.07) is 25.9. The standard InChI is InChI=1S/C50H52GeN8O2/c1-29-20-22-30(23-21-29)27-60-51(61-28-31-24-25-32-26-41(31)50(32,2)3)58-46-37-16-8-9-17-38(37)48(58)56-44-35-14-6-7-15-36(35)45(53-44)57-49-40-19-11-10-18-39(40)47(59(49)51)55-43-34-13-5-4-12-33(34)42(52-43)54-46/h4-6,8-14,16-19,29-32,41,46H,7,15,20-28H2,1-3H3,(H,52,54,55)/t29?,30?,31?,32?,41?,46?,51-/m1/s1. The third-order valence-corrected chi connectivity index (χ3v) is 22.6. The minimum absolute atomic E-state index is 0.305. The molecule has 0 amide bonds. The van der Waals surface area contributed by atoms with E-state index in [2.05, 4.69) is 118 Å². The van der Waals surface area contributed by atoms with Gasteiger partial charge in [-0.2, -0.15) is 0 Å². The number of fused-ring (bicyclic) bond motifs is 15. The molecule has 4 unspecified atom stereocenters. The number of benzene rings is 3. The predicted molar refractivity (Wildman–Crippen MR) is 244 cm³/mol. The van der Waals surface area contributed by atoms with Crippen LogP contribution in [0.25, 0.3) is 10.8 Å². The van der Waals surface area contributed by atoms with Gasteiger partial charge in [-0.25, -0.2) is 0 Å². The molecular formula is C50H52GeN8O2. The molecule has 4 fully saturated rings. The average molecular weight is 870 g/mol. The molecule has 14 rings (SSSR count). The van der Waals surface area contributed by atoms with E-state index in [-0.39, 0.29) is 0 Å². The van der Waals surface area contributed by atoms with Crippen LogP contribution in [0.5, 0.6) is 0 Å². The summed E-state index contributed by atoms with van der Waals surface area (Å²) in [5.74, 6) is 8.29. The molecule has 10 aliphatic rings. The van der Waals surface area contributed by atoms with Gasteiger partial charge < -0.3 is 0 Å². The molecule has 6 heterocycles. The number of rotatable bonds is 6. The molecule has 11 heteroatoms. The molecule has 3 aromatic carbocycles. The van der Waals surface area contributed by atoms with Gasteiger partial charge in [-0.3, -0.25) is 0 Å². The van der Waals surface area contributed by atoms with Gasteiger partial charge in [-0.1, -0.05) is 0 Å². The molecule has 5 atom stereocenters. The van der Waals surface area contributed by atoms with Crippen LogP contribution in [0.4, 0.5) is 11.6 Å². The molecule has 0 spiro atoms. The number of hydrogen-bond acceptors (Lipinski definition) is 9. The summed E-state index contributed by atoms with van der Waals surface area (Å²) in [7, 11) is 0. The van der Waals surface area contributed by atoms with E-state index >= 15 is 0 Å². The number of aliphatic imine (C=N–C) groups is 5. The maximum absolute atomic E-state index is 8.15. The summed E-state index contributed by atoms with van der Waals surface area (Å²) in [4.78, 5) is 27.8. The van der Waals surface area contributed by atoms with Gasteiger partial charge in [-0.05, 0) is 0 Å². The Bertz CT molecular complexity index is 2780. The van der Waals surface area contributed by atoms with Crippen LogP contribution in [0.3, 0.4) is 0 Å². The Labute approximate surface area is 360 Å². The molecule has 5 aliphatic heterocycles. The zero-order chi connectivity index (χ0) is 40.6. The Morgan fingerprint density at radius 3 is 2.25 bits per heavy atom. The summed E-state index contributed by atoms with van der Waals surface area (Å²) in [6.07, 6.45) is 14.3. The van der Waals surface area contributed by atoms with Crippen molar-refractivity contribution in [2.24, 2.45) is 60.0 Å². The van der Waals surface area contributed by atoms with E-state index in [1.165, 1.54) is 32.1 Å². The number of nitrogens with zero attached hydrogens (tertiary/aromatic N) is 7. The summed E-state index contributed by atoms with van der Waals surface area (Å²) < 4.78 is 21.1. The van der Waals surface area contributed by atoms with E-state index in [0.29, 0.717) is 48.1 Å². The molecule has 0 saturated heterocycles. The van der Waals surface area contributed by atoms with E-state index in [9.17, 15) is 0 Å². The second kappa shape index (κ2) is 13.5. The third kappa shape index (κ3) is 5.37. The Morgan fingerprint density at radius 2 is 1.46 bits per heavy atom. The molecule has 308 valence electrons. The quantitative estimate of drug-likeness (QED) is 0.195. The van der Waals surface area contributed by atoms with Crippen molar-refractivity contribution in [2.75, 3.05) is 13.2 Å². The van der Waals surface area contributed by atoms with Gasteiger partial charge in [-0.15, -0.1) is 0 Å². The van der Waals surface area contributed by atoms with Crippen LogP contribution in [0, 0.1) is 35.0 Å². The zero-order valence-electron chi connectivity index (χ0n) is 35.3. The van der Waals surface area contributed by atoms with Crippen LogP contribution in [0.15, 0.2) is 121 Å². The molecule has 10 nitrogen and oxygen atoms in total. The van der Waals surface area contributed by atoms with Crippen LogP contribution >= 0.6 is 0 Å². The Balaban J connectivity index is 1.14. The molecule has 4 aromatic rings. The fraction of sp³-hybridized carbons (Fsp3) is 0.420. The van der Waals surface area contributed by atoms with Crippen molar-refractivity contribution < 1.29 is 7.53 Å². The van der Waals surface area contributed by atoms with E-state index in [4.69, 9.17) is 32.5 Å². The Morgan fingerprint density at radius 1 is 0.738 bits per heavy atom. The SMILES string of the molecule is CC1CCC(C[O][Ge@@]2([O]CC3CCC4CC3C4(C)C)[N]3C4=NC5=NC(=Nc6c7ccccc7c([n]62)N=C2N=C(NC3c3ccccc34)c3ccccc32)C2=C5C=CCC2)CC1. The second-order valence-electron chi connectivity index (χ2n) is 19.6. The first-order valence-corrected chi connectivity index (χ1v) is 26.5. The van der Waals surface area contributed by atoms with Crippen LogP contribution in [-0.2, 0) is 7.53 Å². The second-order valence-corrected chi connectivity index (χ2v) is 25.1. The van der Waals surface area contributed by atoms with E-state index in [1.54, 1.807) is 0 Å². The summed E-state index contributed by atoms with van der Waals surface area (Å²) in [6.45, 7) is 8.58. The van der Waals surface area contributed by atoms with Crippen LogP contribution in [0.2, 0.25) is 0 Å². The Hall–Kier alpha value is -4.91. The molecule has 0 radical (unpaired) electrons. The average Bonchev–Trinajstić information content (AvgIpc) is 4.01. The minimum atomic E-state index is -4.91. The fourth-order valence-corrected chi connectivity index (χ4v) is 19.8. The number of amidine groups is 5. The normalized spacial score (nSPS) is 30.9. The van der Waals surface area contributed by atoms with Crippen molar-refractivity contribution >= 4 is 66.0 Å². The summed E-state index contributed by atoms with van der Waals surface area (Å²) in [5, 5.41) is 6.06. The van der Waals surface area contributed by atoms with Gasteiger partial charge in [0.2, 0.25) is 0 Å². The van der Waals surface area contributed by atoms with Gasteiger partial charge in [0.1, 0.15) is 0 Å². The molecular weight excluding hydrogens is 817 g/mol. The van der Waals surface area contributed by atoms with Gasteiger partial charge in [0.25, 0.3) is 0 Å². The van der Waals surface area contributed by atoms with Gasteiger partial charge in [0.15, 0.2) is 0 Å². The van der Waals surface area contributed by atoms with E-state index in [1.807, 2.05) is 0 Å². The first kappa shape index (κ1) is 36.7.